The van der Waals surface area contributed by atoms with Gasteiger partial charge in [0, 0.05) is 11.9 Å². The number of hydrogen-bond donors (Lipinski definition) is 1. The second kappa shape index (κ2) is 6.49. The molecular weight excluding hydrogens is 270 g/mol. The molecule has 2 heterocycles. The molecule has 1 aromatic heterocycles. The van der Waals surface area contributed by atoms with E-state index in [9.17, 15) is 4.79 Å². The minimum absolute atomic E-state index is 0.108. The van der Waals surface area contributed by atoms with Gasteiger partial charge in [-0.3, -0.25) is 10.1 Å². The Bertz CT molecular complexity index is 405. The Balaban J connectivity index is 1.87. The molecule has 0 aliphatic carbocycles. The van der Waals surface area contributed by atoms with Crippen molar-refractivity contribution in [3.63, 3.8) is 0 Å². The van der Waals surface area contributed by atoms with Gasteiger partial charge in [-0.1, -0.05) is 36.9 Å². The largest absolute Gasteiger partial charge is 0.368 e. The van der Waals surface area contributed by atoms with E-state index in [4.69, 9.17) is 4.74 Å². The summed E-state index contributed by atoms with van der Waals surface area (Å²) in [5.74, 6) is -0.108. The average Bonchev–Trinajstić information content (AvgIpc) is 3.00. The Morgan fingerprint density at radius 1 is 1.67 bits per heavy atom. The third-order valence-electron chi connectivity index (χ3n) is 2.74. The van der Waals surface area contributed by atoms with E-state index in [0.29, 0.717) is 17.0 Å². The summed E-state index contributed by atoms with van der Waals surface area (Å²) in [4.78, 5) is 11.8. The molecule has 1 amide bonds. The van der Waals surface area contributed by atoms with Gasteiger partial charge in [-0.15, -0.1) is 10.2 Å². The van der Waals surface area contributed by atoms with Gasteiger partial charge in [-0.25, -0.2) is 0 Å². The summed E-state index contributed by atoms with van der Waals surface area (Å²) in [5.41, 5.74) is 0. The number of nitrogens with one attached hydrogen (secondary N) is 1. The lowest BCUT2D eigenvalue weighted by atomic mass is 10.2. The van der Waals surface area contributed by atoms with E-state index < -0.39 is 0 Å². The van der Waals surface area contributed by atoms with Gasteiger partial charge in [0.2, 0.25) is 5.13 Å². The maximum absolute atomic E-state index is 11.8. The number of nitrogens with zero attached hydrogens (tertiary/aromatic N) is 2. The lowest BCUT2D eigenvalue weighted by molar-refractivity contribution is -0.124. The number of amides is 1. The second-order valence-corrected chi connectivity index (χ2v) is 6.86. The molecule has 1 saturated heterocycles. The Labute approximate surface area is 115 Å². The third-order valence-corrected chi connectivity index (χ3v) is 4.93. The van der Waals surface area contributed by atoms with Crippen molar-refractivity contribution in [2.75, 3.05) is 11.9 Å². The van der Waals surface area contributed by atoms with E-state index >= 15 is 0 Å². The highest BCUT2D eigenvalue weighted by Gasteiger charge is 2.24. The van der Waals surface area contributed by atoms with Gasteiger partial charge in [0.05, 0.1) is 0 Å². The highest BCUT2D eigenvalue weighted by Crippen LogP contribution is 2.30. The van der Waals surface area contributed by atoms with Crippen LogP contribution < -0.4 is 5.32 Å². The molecule has 1 N–H and O–H groups in total. The van der Waals surface area contributed by atoms with Crippen LogP contribution in [0.3, 0.4) is 0 Å². The minimum atomic E-state index is -0.320. The topological polar surface area (TPSA) is 64.1 Å². The van der Waals surface area contributed by atoms with Crippen LogP contribution in [0, 0.1) is 0 Å². The predicted molar refractivity (Wildman–Crippen MR) is 73.1 cm³/mol. The van der Waals surface area contributed by atoms with Crippen LogP contribution in [0.1, 0.15) is 33.1 Å². The van der Waals surface area contributed by atoms with E-state index in [1.807, 2.05) is 0 Å². The maximum atomic E-state index is 11.8. The number of carbonyl (C=O) groups is 1. The summed E-state index contributed by atoms with van der Waals surface area (Å²) in [6.45, 7) is 4.96. The summed E-state index contributed by atoms with van der Waals surface area (Å²) in [6, 6.07) is 0. The zero-order chi connectivity index (χ0) is 13.0. The van der Waals surface area contributed by atoms with Crippen LogP contribution in [0.4, 0.5) is 5.13 Å². The molecule has 5 nitrogen and oxygen atoms in total. The molecule has 7 heteroatoms. The number of hydrogen-bond acceptors (Lipinski definition) is 6. The fourth-order valence-corrected chi connectivity index (χ4v) is 3.53. The smallest absolute Gasteiger partial charge is 0.255 e. The maximum Gasteiger partial charge on any atom is 0.255 e. The van der Waals surface area contributed by atoms with E-state index in [1.165, 1.54) is 11.3 Å². The lowest BCUT2D eigenvalue weighted by Crippen LogP contribution is -2.26. The number of thioether (sulfide) groups is 1. The van der Waals surface area contributed by atoms with Gasteiger partial charge in [0.25, 0.3) is 5.91 Å². The van der Waals surface area contributed by atoms with Gasteiger partial charge in [-0.2, -0.15) is 0 Å². The zero-order valence-corrected chi connectivity index (χ0v) is 12.1. The monoisotopic (exact) mass is 287 g/mol. The van der Waals surface area contributed by atoms with Crippen LogP contribution in [-0.4, -0.2) is 34.1 Å². The summed E-state index contributed by atoms with van der Waals surface area (Å²) >= 11 is 3.10. The van der Waals surface area contributed by atoms with Gasteiger partial charge >= 0.3 is 0 Å². The first-order valence-corrected chi connectivity index (χ1v) is 7.81. The minimum Gasteiger partial charge on any atom is -0.368 e. The molecule has 100 valence electrons. The molecule has 2 atom stereocenters. The highest BCUT2D eigenvalue weighted by atomic mass is 32.2. The highest BCUT2D eigenvalue weighted by molar-refractivity contribution is 8.01. The van der Waals surface area contributed by atoms with Crippen molar-refractivity contribution in [2.45, 2.75) is 48.8 Å². The summed E-state index contributed by atoms with van der Waals surface area (Å²) < 4.78 is 6.21. The van der Waals surface area contributed by atoms with Crippen molar-refractivity contribution in [3.8, 4) is 0 Å². The van der Waals surface area contributed by atoms with Gasteiger partial charge in [-0.05, 0) is 19.3 Å². The molecule has 0 aromatic carbocycles. The average molecular weight is 287 g/mol. The van der Waals surface area contributed by atoms with E-state index in [-0.39, 0.29) is 12.0 Å². The predicted octanol–water partition coefficient (Wildman–Crippen LogP) is 2.55. The summed E-state index contributed by atoms with van der Waals surface area (Å²) in [7, 11) is 0. The van der Waals surface area contributed by atoms with E-state index in [2.05, 4.69) is 29.4 Å². The van der Waals surface area contributed by atoms with Crippen molar-refractivity contribution >= 4 is 34.1 Å². The summed E-state index contributed by atoms with van der Waals surface area (Å²) in [5, 5.41) is 11.9. The van der Waals surface area contributed by atoms with Crippen LogP contribution in [0.5, 0.6) is 0 Å². The molecule has 18 heavy (non-hydrogen) atoms. The van der Waals surface area contributed by atoms with Crippen molar-refractivity contribution in [2.24, 2.45) is 0 Å². The lowest BCUT2D eigenvalue weighted by Gasteiger charge is -2.07. The van der Waals surface area contributed by atoms with Gasteiger partial charge in [0.1, 0.15) is 6.10 Å². The second-order valence-electron chi connectivity index (χ2n) is 4.20. The fraction of sp³-hybridized carbons (Fsp3) is 0.727. The summed E-state index contributed by atoms with van der Waals surface area (Å²) in [6.07, 6.45) is 2.50. The molecule has 0 spiro atoms. The van der Waals surface area contributed by atoms with Crippen LogP contribution in [0.2, 0.25) is 0 Å². The molecule has 1 aliphatic rings. The normalized spacial score (nSPS) is 20.9. The van der Waals surface area contributed by atoms with Gasteiger partial charge in [0.15, 0.2) is 4.34 Å². The zero-order valence-electron chi connectivity index (χ0n) is 10.5. The molecular formula is C11H17N3O2S2. The Hall–Kier alpha value is -0.660. The third kappa shape index (κ3) is 3.66. The van der Waals surface area contributed by atoms with Crippen molar-refractivity contribution in [1.29, 1.82) is 0 Å². The van der Waals surface area contributed by atoms with Crippen LogP contribution in [0.15, 0.2) is 4.34 Å². The fourth-order valence-electron chi connectivity index (χ4n) is 1.53. The quantitative estimate of drug-likeness (QED) is 0.666. The van der Waals surface area contributed by atoms with Crippen molar-refractivity contribution in [3.05, 3.63) is 0 Å². The molecule has 0 saturated carbocycles. The van der Waals surface area contributed by atoms with Crippen LogP contribution >= 0.6 is 23.1 Å². The molecule has 0 radical (unpaired) electrons. The SMILES string of the molecule is CC[C@H](C)Sc1nnc(NC(=O)[C@H]2CCCO2)s1. The number of aromatic nitrogens is 2. The first kappa shape index (κ1) is 13.8. The van der Waals surface area contributed by atoms with Crippen molar-refractivity contribution < 1.29 is 9.53 Å². The molecule has 1 aromatic rings. The van der Waals surface area contributed by atoms with Crippen molar-refractivity contribution in [1.82, 2.24) is 10.2 Å². The molecule has 0 unspecified atom stereocenters. The van der Waals surface area contributed by atoms with E-state index in [1.54, 1.807) is 11.8 Å². The number of ether oxygens (including phenoxy) is 1. The first-order chi connectivity index (χ1) is 8.69. The van der Waals surface area contributed by atoms with E-state index in [0.717, 1.165) is 23.6 Å². The standard InChI is InChI=1S/C11H17N3O2S2/c1-3-7(2)17-11-14-13-10(18-11)12-9(15)8-5-4-6-16-8/h7-8H,3-6H2,1-2H3,(H,12,13,15)/t7-,8+/m0/s1. The Kier molecular flexibility index (Phi) is 4.96. The number of carbonyl (C=O) groups excluding carboxylic acids is 1. The number of rotatable bonds is 5. The Morgan fingerprint density at radius 2 is 2.50 bits per heavy atom. The van der Waals surface area contributed by atoms with Crippen LogP contribution in [0.25, 0.3) is 0 Å². The molecule has 0 bridgehead atoms. The van der Waals surface area contributed by atoms with Gasteiger partial charge < -0.3 is 4.74 Å². The van der Waals surface area contributed by atoms with Crippen LogP contribution in [-0.2, 0) is 9.53 Å². The Morgan fingerprint density at radius 3 is 3.17 bits per heavy atom. The number of anilines is 1. The molecule has 2 rings (SSSR count). The molecule has 1 aliphatic heterocycles. The molecule has 1 fully saturated rings. The first-order valence-electron chi connectivity index (χ1n) is 6.11.